The molecule has 1 aliphatic rings. The summed E-state index contributed by atoms with van der Waals surface area (Å²) >= 11 is 0. The summed E-state index contributed by atoms with van der Waals surface area (Å²) in [7, 11) is 0. The third-order valence-electron chi connectivity index (χ3n) is 6.03. The summed E-state index contributed by atoms with van der Waals surface area (Å²) in [5.74, 6) is -3.29. The van der Waals surface area contributed by atoms with Crippen LogP contribution in [0.15, 0.2) is 59.0 Å². The number of morpholine rings is 1. The largest absolute Gasteiger partial charge is 0.434 e. The van der Waals surface area contributed by atoms with Crippen molar-refractivity contribution in [2.24, 2.45) is 5.92 Å². The Balaban J connectivity index is 1.40. The number of Topliss-reactive ketones (excluding diaryl/α,β-unsaturated/α-hetero) is 1. The number of alkyl halides is 1. The van der Waals surface area contributed by atoms with Gasteiger partial charge in [0, 0.05) is 13.1 Å². The van der Waals surface area contributed by atoms with Gasteiger partial charge < -0.3 is 19.4 Å². The van der Waals surface area contributed by atoms with Gasteiger partial charge in [-0.3, -0.25) is 14.4 Å². The monoisotopic (exact) mass is 481 g/mol. The van der Waals surface area contributed by atoms with Crippen molar-refractivity contribution in [1.29, 1.82) is 0 Å². The average Bonchev–Trinajstić information content (AvgIpc) is 3.34. The van der Waals surface area contributed by atoms with Crippen LogP contribution in [0, 0.1) is 5.92 Å². The van der Waals surface area contributed by atoms with E-state index in [9.17, 15) is 14.4 Å². The zero-order valence-electron chi connectivity index (χ0n) is 19.3. The molecule has 2 aromatic carbocycles. The molecular weight excluding hydrogens is 453 g/mol. The minimum atomic E-state index is -2.01. The summed E-state index contributed by atoms with van der Waals surface area (Å²) in [6.45, 7) is 0.839. The highest BCUT2D eigenvalue weighted by Gasteiger charge is 2.36. The van der Waals surface area contributed by atoms with Crippen molar-refractivity contribution < 1.29 is 27.9 Å². The number of hydrogen-bond donors (Lipinski definition) is 1. The maximum Gasteiger partial charge on any atom is 0.266 e. The van der Waals surface area contributed by atoms with Crippen LogP contribution >= 0.6 is 0 Å². The van der Waals surface area contributed by atoms with Crippen molar-refractivity contribution in [3.8, 4) is 0 Å². The first-order chi connectivity index (χ1) is 17.0. The molecular formula is C26H28FN3O5. The first-order valence-electron chi connectivity index (χ1n) is 11.7. The summed E-state index contributed by atoms with van der Waals surface area (Å²) in [4.78, 5) is 43.8. The normalized spacial score (nSPS) is 15.5. The van der Waals surface area contributed by atoms with Crippen LogP contribution in [0.3, 0.4) is 0 Å². The number of ether oxygens (including phenoxy) is 1. The molecule has 0 saturated carbocycles. The van der Waals surface area contributed by atoms with E-state index in [0.29, 0.717) is 37.2 Å². The van der Waals surface area contributed by atoms with Gasteiger partial charge in [-0.25, -0.2) is 9.37 Å². The minimum absolute atomic E-state index is 0.131. The molecule has 0 aliphatic carbocycles. The Morgan fingerprint density at radius 1 is 1.03 bits per heavy atom. The Hall–Kier alpha value is -3.59. The zero-order chi connectivity index (χ0) is 24.6. The van der Waals surface area contributed by atoms with Crippen LogP contribution in [-0.4, -0.2) is 66.5 Å². The third-order valence-corrected chi connectivity index (χ3v) is 6.03. The molecule has 8 nitrogen and oxygen atoms in total. The van der Waals surface area contributed by atoms with Crippen LogP contribution in [0.2, 0.25) is 0 Å². The summed E-state index contributed by atoms with van der Waals surface area (Å²) in [6.07, 6.45) is -0.693. The molecule has 0 radical (unpaired) electrons. The van der Waals surface area contributed by atoms with Crippen LogP contribution in [-0.2, 0) is 20.7 Å². The Morgan fingerprint density at radius 3 is 2.49 bits per heavy atom. The van der Waals surface area contributed by atoms with Crippen molar-refractivity contribution in [3.63, 3.8) is 0 Å². The lowest BCUT2D eigenvalue weighted by Gasteiger charge is -2.30. The number of aromatic nitrogens is 1. The number of nitrogens with zero attached hydrogens (tertiary/aromatic N) is 2. The van der Waals surface area contributed by atoms with Crippen molar-refractivity contribution in [1.82, 2.24) is 15.2 Å². The molecule has 2 amide bonds. The van der Waals surface area contributed by atoms with Gasteiger partial charge >= 0.3 is 0 Å². The lowest BCUT2D eigenvalue weighted by Crippen LogP contribution is -2.49. The highest BCUT2D eigenvalue weighted by molar-refractivity contribution is 5.98. The Labute approximate surface area is 202 Å². The van der Waals surface area contributed by atoms with Gasteiger partial charge in [-0.1, -0.05) is 42.5 Å². The predicted octanol–water partition coefficient (Wildman–Crippen LogP) is 2.96. The Bertz CT molecular complexity index is 1130. The number of aryl methyl sites for hydroxylation is 1. The molecule has 4 rings (SSSR count). The van der Waals surface area contributed by atoms with Crippen LogP contribution in [0.25, 0.3) is 11.1 Å². The number of fused-ring (bicyclic) bond motifs is 1. The number of benzene rings is 2. The third kappa shape index (κ3) is 6.30. The minimum Gasteiger partial charge on any atom is -0.434 e. The fourth-order valence-electron chi connectivity index (χ4n) is 4.08. The zero-order valence-corrected chi connectivity index (χ0v) is 19.3. The highest BCUT2D eigenvalue weighted by Crippen LogP contribution is 2.21. The molecule has 2 unspecified atom stereocenters. The van der Waals surface area contributed by atoms with E-state index in [1.165, 1.54) is 4.90 Å². The summed E-state index contributed by atoms with van der Waals surface area (Å²) < 4.78 is 26.1. The molecule has 1 fully saturated rings. The number of hydrogen-bond acceptors (Lipinski definition) is 6. The number of halogens is 1. The molecule has 1 N–H and O–H groups in total. The molecule has 2 heterocycles. The number of carbonyl (C=O) groups is 3. The molecule has 0 spiro atoms. The second-order valence-electron chi connectivity index (χ2n) is 8.45. The van der Waals surface area contributed by atoms with Gasteiger partial charge in [0.05, 0.1) is 25.7 Å². The van der Waals surface area contributed by atoms with Gasteiger partial charge in [0.1, 0.15) is 5.52 Å². The molecule has 9 heteroatoms. The Morgan fingerprint density at radius 2 is 1.74 bits per heavy atom. The number of oxazole rings is 1. The van der Waals surface area contributed by atoms with Crippen LogP contribution in [0.1, 0.15) is 29.1 Å². The van der Waals surface area contributed by atoms with Crippen molar-refractivity contribution in [3.05, 3.63) is 66.1 Å². The Kier molecular flexibility index (Phi) is 8.20. The van der Waals surface area contributed by atoms with Gasteiger partial charge in [-0.05, 0) is 37.0 Å². The number of nitrogens with one attached hydrogen (secondary N) is 1. The number of para-hydroxylation sites is 2. The van der Waals surface area contributed by atoms with Gasteiger partial charge in [-0.2, -0.15) is 0 Å². The first kappa shape index (κ1) is 24.5. The topological polar surface area (TPSA) is 102 Å². The lowest BCUT2D eigenvalue weighted by molar-refractivity contribution is -0.146. The maximum atomic E-state index is 15.4. The van der Waals surface area contributed by atoms with Gasteiger partial charge in [0.15, 0.2) is 11.8 Å². The van der Waals surface area contributed by atoms with Gasteiger partial charge in [0.2, 0.25) is 11.7 Å². The van der Waals surface area contributed by atoms with Gasteiger partial charge in [-0.15, -0.1) is 0 Å². The first-order valence-corrected chi connectivity index (χ1v) is 11.7. The smallest absolute Gasteiger partial charge is 0.266 e. The van der Waals surface area contributed by atoms with Crippen molar-refractivity contribution in [2.45, 2.75) is 25.4 Å². The molecule has 3 aromatic rings. The number of rotatable bonds is 10. The highest BCUT2D eigenvalue weighted by atomic mass is 19.1. The van der Waals surface area contributed by atoms with E-state index in [1.807, 2.05) is 30.3 Å². The fourth-order valence-corrected chi connectivity index (χ4v) is 4.08. The van der Waals surface area contributed by atoms with E-state index in [-0.39, 0.29) is 25.4 Å². The fraction of sp³-hybridized carbons (Fsp3) is 0.385. The van der Waals surface area contributed by atoms with E-state index < -0.39 is 36.2 Å². The molecule has 1 aromatic heterocycles. The van der Waals surface area contributed by atoms with Crippen LogP contribution in [0.4, 0.5) is 4.39 Å². The van der Waals surface area contributed by atoms with E-state index in [1.54, 1.807) is 24.3 Å². The second-order valence-corrected chi connectivity index (χ2v) is 8.45. The molecule has 1 saturated heterocycles. The molecule has 2 atom stereocenters. The second kappa shape index (κ2) is 11.7. The van der Waals surface area contributed by atoms with E-state index in [4.69, 9.17) is 9.15 Å². The van der Waals surface area contributed by atoms with E-state index in [0.717, 1.165) is 5.56 Å². The standard InChI is InChI=1S/C26H28FN3O5/c27-23(26(33)30-13-15-34-16-14-30)19(10-6-9-18-7-2-1-3-8-18)24(32)28-17-21(31)25-29-20-11-4-5-12-22(20)35-25/h1-5,7-8,11-12,19,23H,6,9-10,13-17H2,(H,28,32). The summed E-state index contributed by atoms with van der Waals surface area (Å²) in [5.41, 5.74) is 2.05. The lowest BCUT2D eigenvalue weighted by atomic mass is 9.93. The number of carbonyl (C=O) groups excluding carboxylic acids is 3. The van der Waals surface area contributed by atoms with Crippen LogP contribution in [0.5, 0.6) is 0 Å². The predicted molar refractivity (Wildman–Crippen MR) is 127 cm³/mol. The van der Waals surface area contributed by atoms with E-state index >= 15 is 4.39 Å². The SMILES string of the molecule is O=C(CNC(=O)C(CCCc1ccccc1)C(F)C(=O)N1CCOCC1)c1nc2ccccc2o1. The number of ketones is 1. The molecule has 1 aliphatic heterocycles. The number of amides is 2. The van der Waals surface area contributed by atoms with Crippen LogP contribution < -0.4 is 5.32 Å². The summed E-state index contributed by atoms with van der Waals surface area (Å²) in [5, 5.41) is 2.49. The van der Waals surface area contributed by atoms with Gasteiger partial charge in [0.25, 0.3) is 11.8 Å². The average molecular weight is 482 g/mol. The van der Waals surface area contributed by atoms with Crippen molar-refractivity contribution >= 4 is 28.7 Å². The van der Waals surface area contributed by atoms with E-state index in [2.05, 4.69) is 10.3 Å². The maximum absolute atomic E-state index is 15.4. The molecule has 0 bridgehead atoms. The quantitative estimate of drug-likeness (QED) is 0.447. The molecule has 35 heavy (non-hydrogen) atoms. The molecule has 184 valence electrons. The summed E-state index contributed by atoms with van der Waals surface area (Å²) in [6, 6.07) is 16.6. The van der Waals surface area contributed by atoms with Crippen molar-refractivity contribution in [2.75, 3.05) is 32.8 Å².